The largest absolute Gasteiger partial charge is 0.338 e. The van der Waals surface area contributed by atoms with Crippen LogP contribution in [-0.2, 0) is 0 Å². The van der Waals surface area contributed by atoms with Gasteiger partial charge in [0.05, 0.1) is 27.5 Å². The molecular formula is C20H24N4OS. The molecule has 0 spiro atoms. The van der Waals surface area contributed by atoms with Gasteiger partial charge in [-0.2, -0.15) is 0 Å². The Morgan fingerprint density at radius 2 is 2.04 bits per heavy atom. The first-order valence-corrected chi connectivity index (χ1v) is 9.91. The molecule has 26 heavy (non-hydrogen) atoms. The van der Waals surface area contributed by atoms with E-state index in [0.717, 1.165) is 53.4 Å². The molecule has 0 aliphatic carbocycles. The summed E-state index contributed by atoms with van der Waals surface area (Å²) in [7, 11) is 4.23. The molecule has 0 bridgehead atoms. The molecule has 0 atom stereocenters. The van der Waals surface area contributed by atoms with Crippen LogP contribution in [0.3, 0.4) is 0 Å². The van der Waals surface area contributed by atoms with Gasteiger partial charge >= 0.3 is 0 Å². The Kier molecular flexibility index (Phi) is 4.54. The highest BCUT2D eigenvalue weighted by molar-refractivity contribution is 7.09. The van der Waals surface area contributed by atoms with Gasteiger partial charge in [-0.25, -0.2) is 4.98 Å². The van der Waals surface area contributed by atoms with Crippen molar-refractivity contribution in [2.75, 3.05) is 27.2 Å². The number of pyridine rings is 1. The zero-order valence-corrected chi connectivity index (χ0v) is 16.3. The molecule has 4 heterocycles. The number of aryl methyl sites for hydroxylation is 1. The smallest absolute Gasteiger partial charge is 0.256 e. The number of piperidine rings is 1. The number of carbonyl (C=O) groups excluding carboxylic acids is 1. The molecule has 6 heteroatoms. The minimum absolute atomic E-state index is 0.129. The average Bonchev–Trinajstić information content (AvgIpc) is 3.25. The Labute approximate surface area is 157 Å². The summed E-state index contributed by atoms with van der Waals surface area (Å²) in [5.74, 6) is 0.129. The van der Waals surface area contributed by atoms with Crippen LogP contribution in [0.15, 0.2) is 35.8 Å². The SMILES string of the molecule is Cc1nc(-c2cc(C(=O)N3CCC(N(C)C)CC3)c3ccccn23)cs1. The predicted molar refractivity (Wildman–Crippen MR) is 106 cm³/mol. The van der Waals surface area contributed by atoms with Crippen molar-refractivity contribution in [3.63, 3.8) is 0 Å². The van der Waals surface area contributed by atoms with E-state index < -0.39 is 0 Å². The van der Waals surface area contributed by atoms with Gasteiger partial charge in [0, 0.05) is 30.7 Å². The Morgan fingerprint density at radius 1 is 1.27 bits per heavy atom. The number of thiazole rings is 1. The molecule has 3 aromatic rings. The Bertz CT molecular complexity index is 934. The van der Waals surface area contributed by atoms with Crippen molar-refractivity contribution in [3.05, 3.63) is 46.4 Å². The lowest BCUT2D eigenvalue weighted by molar-refractivity contribution is 0.0665. The number of hydrogen-bond donors (Lipinski definition) is 0. The van der Waals surface area contributed by atoms with Crippen molar-refractivity contribution in [2.24, 2.45) is 0 Å². The van der Waals surface area contributed by atoms with Crippen molar-refractivity contribution in [1.29, 1.82) is 0 Å². The summed E-state index contributed by atoms with van der Waals surface area (Å²) in [6.07, 6.45) is 4.07. The third kappa shape index (κ3) is 3.04. The maximum absolute atomic E-state index is 13.2. The van der Waals surface area contributed by atoms with Crippen molar-refractivity contribution < 1.29 is 4.79 Å². The van der Waals surface area contributed by atoms with Crippen molar-refractivity contribution in [2.45, 2.75) is 25.8 Å². The lowest BCUT2D eigenvalue weighted by atomic mass is 10.0. The average molecular weight is 369 g/mol. The van der Waals surface area contributed by atoms with Crippen LogP contribution in [0.2, 0.25) is 0 Å². The van der Waals surface area contributed by atoms with Gasteiger partial charge in [0.2, 0.25) is 0 Å². The lowest BCUT2D eigenvalue weighted by Gasteiger charge is -2.35. The summed E-state index contributed by atoms with van der Waals surface area (Å²) in [4.78, 5) is 22.1. The summed E-state index contributed by atoms with van der Waals surface area (Å²) in [6, 6.07) is 8.57. The molecule has 1 amide bonds. The van der Waals surface area contributed by atoms with Crippen LogP contribution in [-0.4, -0.2) is 58.3 Å². The van der Waals surface area contributed by atoms with Crippen LogP contribution >= 0.6 is 11.3 Å². The first-order chi connectivity index (χ1) is 12.5. The fourth-order valence-electron chi connectivity index (χ4n) is 3.76. The van der Waals surface area contributed by atoms with Gasteiger partial charge < -0.3 is 14.2 Å². The van der Waals surface area contributed by atoms with Gasteiger partial charge in [0.25, 0.3) is 5.91 Å². The zero-order valence-electron chi connectivity index (χ0n) is 15.5. The first kappa shape index (κ1) is 17.2. The molecule has 0 aromatic carbocycles. The monoisotopic (exact) mass is 368 g/mol. The molecule has 136 valence electrons. The molecule has 4 rings (SSSR count). The van der Waals surface area contributed by atoms with Crippen LogP contribution in [0.25, 0.3) is 16.9 Å². The van der Waals surface area contributed by atoms with Crippen molar-refractivity contribution in [1.82, 2.24) is 19.2 Å². The maximum Gasteiger partial charge on any atom is 0.256 e. The van der Waals surface area contributed by atoms with Gasteiger partial charge in [-0.15, -0.1) is 11.3 Å². The van der Waals surface area contributed by atoms with E-state index in [1.54, 1.807) is 11.3 Å². The van der Waals surface area contributed by atoms with E-state index in [-0.39, 0.29) is 5.91 Å². The fraction of sp³-hybridized carbons (Fsp3) is 0.400. The summed E-state index contributed by atoms with van der Waals surface area (Å²) in [5.41, 5.74) is 3.64. The predicted octanol–water partition coefficient (Wildman–Crippen LogP) is 3.54. The van der Waals surface area contributed by atoms with Gasteiger partial charge in [-0.05, 0) is 52.1 Å². The maximum atomic E-state index is 13.2. The molecule has 1 aliphatic rings. The summed E-state index contributed by atoms with van der Waals surface area (Å²) < 4.78 is 2.08. The Hall–Kier alpha value is -2.18. The number of rotatable bonds is 3. The van der Waals surface area contributed by atoms with Crippen LogP contribution in [0.5, 0.6) is 0 Å². The zero-order chi connectivity index (χ0) is 18.3. The number of likely N-dealkylation sites (tertiary alicyclic amines) is 1. The second-order valence-electron chi connectivity index (χ2n) is 7.14. The van der Waals surface area contributed by atoms with E-state index in [2.05, 4.69) is 33.8 Å². The minimum atomic E-state index is 0.129. The van der Waals surface area contributed by atoms with Gasteiger partial charge in [-0.3, -0.25) is 4.79 Å². The van der Waals surface area contributed by atoms with E-state index in [1.807, 2.05) is 42.3 Å². The third-order valence-electron chi connectivity index (χ3n) is 5.27. The molecule has 1 aliphatic heterocycles. The molecule has 5 nitrogen and oxygen atoms in total. The quantitative estimate of drug-likeness (QED) is 0.710. The van der Waals surface area contributed by atoms with Crippen molar-refractivity contribution in [3.8, 4) is 11.4 Å². The van der Waals surface area contributed by atoms with E-state index >= 15 is 0 Å². The normalized spacial score (nSPS) is 15.9. The van der Waals surface area contributed by atoms with Crippen LogP contribution in [0.4, 0.5) is 0 Å². The highest BCUT2D eigenvalue weighted by Crippen LogP contribution is 2.29. The molecule has 1 fully saturated rings. The highest BCUT2D eigenvalue weighted by atomic mass is 32.1. The van der Waals surface area contributed by atoms with Crippen LogP contribution in [0.1, 0.15) is 28.2 Å². The van der Waals surface area contributed by atoms with Crippen LogP contribution in [0, 0.1) is 6.92 Å². The Balaban J connectivity index is 1.68. The van der Waals surface area contributed by atoms with Gasteiger partial charge in [0.1, 0.15) is 0 Å². The topological polar surface area (TPSA) is 40.9 Å². The second-order valence-corrected chi connectivity index (χ2v) is 8.20. The first-order valence-electron chi connectivity index (χ1n) is 9.03. The number of fused-ring (bicyclic) bond motifs is 1. The van der Waals surface area contributed by atoms with Gasteiger partial charge in [-0.1, -0.05) is 6.07 Å². The van der Waals surface area contributed by atoms with Crippen molar-refractivity contribution >= 4 is 22.8 Å². The fourth-order valence-corrected chi connectivity index (χ4v) is 4.36. The molecular weight excluding hydrogens is 344 g/mol. The molecule has 0 radical (unpaired) electrons. The standard InChI is InChI=1S/C20H24N4OS/c1-14-21-17(13-26-14)19-12-16(18-6-4-5-9-24(18)19)20(25)23-10-7-15(8-11-23)22(2)3/h4-6,9,12-13,15H,7-8,10-11H2,1-3H3. The van der Waals surface area contributed by atoms with Crippen LogP contribution < -0.4 is 0 Å². The van der Waals surface area contributed by atoms with E-state index in [9.17, 15) is 4.79 Å². The second kappa shape index (κ2) is 6.85. The number of nitrogens with zero attached hydrogens (tertiary/aromatic N) is 4. The van der Waals surface area contributed by atoms with E-state index in [4.69, 9.17) is 0 Å². The molecule has 1 saturated heterocycles. The molecule has 0 N–H and O–H groups in total. The molecule has 0 unspecified atom stereocenters. The molecule has 3 aromatic heterocycles. The summed E-state index contributed by atoms with van der Waals surface area (Å²) in [6.45, 7) is 3.64. The van der Waals surface area contributed by atoms with Gasteiger partial charge in [0.15, 0.2) is 0 Å². The summed E-state index contributed by atoms with van der Waals surface area (Å²) >= 11 is 1.63. The highest BCUT2D eigenvalue weighted by Gasteiger charge is 2.27. The third-order valence-corrected chi connectivity index (χ3v) is 6.04. The summed E-state index contributed by atoms with van der Waals surface area (Å²) in [5, 5.41) is 3.09. The van der Waals surface area contributed by atoms with E-state index in [1.165, 1.54) is 0 Å². The van der Waals surface area contributed by atoms with E-state index in [0.29, 0.717) is 6.04 Å². The number of hydrogen-bond acceptors (Lipinski definition) is 4. The minimum Gasteiger partial charge on any atom is -0.338 e. The number of carbonyl (C=O) groups is 1. The lowest BCUT2D eigenvalue weighted by Crippen LogP contribution is -2.44. The Morgan fingerprint density at radius 3 is 2.69 bits per heavy atom. The number of amides is 1. The number of aromatic nitrogens is 2. The molecule has 0 saturated carbocycles.